The Hall–Kier alpha value is -3.68. The molecule has 1 unspecified atom stereocenters. The molecule has 1 saturated carbocycles. The van der Waals surface area contributed by atoms with E-state index in [2.05, 4.69) is 25.8 Å². The monoisotopic (exact) mass is 569 g/mol. The molecular formula is C26H27N5O6S2. The SMILES string of the molecule is COCCS(=O)(=O)C(C(=O)NCC(=O)NC1CC1)c1nc2ccc(-c3ccc(-c4nnc(C)o4)cc3)cc2s1. The van der Waals surface area contributed by atoms with Crippen molar-refractivity contribution in [1.82, 2.24) is 25.8 Å². The van der Waals surface area contributed by atoms with Crippen LogP contribution in [0.15, 0.2) is 46.9 Å². The highest BCUT2D eigenvalue weighted by molar-refractivity contribution is 7.92. The minimum Gasteiger partial charge on any atom is -0.421 e. The van der Waals surface area contributed by atoms with Crippen LogP contribution < -0.4 is 10.6 Å². The van der Waals surface area contributed by atoms with E-state index in [9.17, 15) is 18.0 Å². The zero-order chi connectivity index (χ0) is 27.6. The van der Waals surface area contributed by atoms with Crippen LogP contribution in [0.4, 0.5) is 0 Å². The van der Waals surface area contributed by atoms with Crippen LogP contribution in [0.1, 0.15) is 29.0 Å². The highest BCUT2D eigenvalue weighted by atomic mass is 32.2. The number of carbonyl (C=O) groups excluding carboxylic acids is 2. The number of benzene rings is 2. The fraction of sp³-hybridized carbons (Fsp3) is 0.346. The number of amides is 2. The predicted octanol–water partition coefficient (Wildman–Crippen LogP) is 2.82. The number of fused-ring (bicyclic) bond motifs is 1. The van der Waals surface area contributed by atoms with Gasteiger partial charge >= 0.3 is 0 Å². The number of nitrogens with one attached hydrogen (secondary N) is 2. The fourth-order valence-corrected chi connectivity index (χ4v) is 6.94. The van der Waals surface area contributed by atoms with Crippen LogP contribution in [0.5, 0.6) is 0 Å². The van der Waals surface area contributed by atoms with E-state index in [1.54, 1.807) is 13.0 Å². The van der Waals surface area contributed by atoms with Crippen LogP contribution in [-0.4, -0.2) is 67.5 Å². The highest BCUT2D eigenvalue weighted by Gasteiger charge is 2.37. The molecule has 1 fully saturated rings. The number of aromatic nitrogens is 3. The van der Waals surface area contributed by atoms with E-state index in [1.807, 2.05) is 36.4 Å². The lowest BCUT2D eigenvalue weighted by Gasteiger charge is -2.15. The average molecular weight is 570 g/mol. The lowest BCUT2D eigenvalue weighted by molar-refractivity contribution is -0.126. The number of nitrogens with zero attached hydrogens (tertiary/aromatic N) is 3. The van der Waals surface area contributed by atoms with E-state index in [0.29, 0.717) is 17.3 Å². The Balaban J connectivity index is 1.40. The van der Waals surface area contributed by atoms with Crippen molar-refractivity contribution in [3.63, 3.8) is 0 Å². The van der Waals surface area contributed by atoms with E-state index in [4.69, 9.17) is 9.15 Å². The van der Waals surface area contributed by atoms with Crippen molar-refractivity contribution < 1.29 is 27.2 Å². The first kappa shape index (κ1) is 26.9. The Kier molecular flexibility index (Phi) is 7.73. The topological polar surface area (TPSA) is 153 Å². The van der Waals surface area contributed by atoms with Gasteiger partial charge in [0.1, 0.15) is 5.01 Å². The molecule has 5 rings (SSSR count). The lowest BCUT2D eigenvalue weighted by atomic mass is 10.0. The molecule has 0 aliphatic heterocycles. The van der Waals surface area contributed by atoms with Gasteiger partial charge in [0, 0.05) is 25.6 Å². The molecule has 2 aromatic carbocycles. The summed E-state index contributed by atoms with van der Waals surface area (Å²) in [5.41, 5.74) is 3.19. The summed E-state index contributed by atoms with van der Waals surface area (Å²) in [7, 11) is -2.59. The second kappa shape index (κ2) is 11.2. The minimum absolute atomic E-state index is 0.0670. The molecule has 1 atom stereocenters. The Labute approximate surface area is 228 Å². The van der Waals surface area contributed by atoms with Gasteiger partial charge < -0.3 is 19.8 Å². The number of rotatable bonds is 11. The predicted molar refractivity (Wildman–Crippen MR) is 146 cm³/mol. The summed E-state index contributed by atoms with van der Waals surface area (Å²) in [6.45, 7) is 1.36. The zero-order valence-corrected chi connectivity index (χ0v) is 23.0. The van der Waals surface area contributed by atoms with Gasteiger partial charge in [0.05, 0.1) is 29.1 Å². The van der Waals surface area contributed by atoms with Crippen LogP contribution in [0, 0.1) is 6.92 Å². The number of ether oxygens (including phenoxy) is 1. The number of thiazole rings is 1. The van der Waals surface area contributed by atoms with Gasteiger partial charge in [-0.3, -0.25) is 9.59 Å². The summed E-state index contributed by atoms with van der Waals surface area (Å²) in [5, 5.41) is 11.7. The molecular weight excluding hydrogens is 542 g/mol. The molecule has 39 heavy (non-hydrogen) atoms. The summed E-state index contributed by atoms with van der Waals surface area (Å²) in [5.74, 6) is -0.580. The molecule has 0 radical (unpaired) electrons. The number of carbonyl (C=O) groups is 2. The maximum atomic E-state index is 13.2. The summed E-state index contributed by atoms with van der Waals surface area (Å²) in [4.78, 5) is 29.7. The molecule has 4 aromatic rings. The Morgan fingerprint density at radius 1 is 1.10 bits per heavy atom. The van der Waals surface area contributed by atoms with E-state index in [-0.39, 0.29) is 35.9 Å². The van der Waals surface area contributed by atoms with Gasteiger partial charge in [0.25, 0.3) is 0 Å². The lowest BCUT2D eigenvalue weighted by Crippen LogP contribution is -2.41. The first-order chi connectivity index (χ1) is 18.7. The van der Waals surface area contributed by atoms with Crippen LogP contribution in [0.3, 0.4) is 0 Å². The third-order valence-corrected chi connectivity index (χ3v) is 9.28. The van der Waals surface area contributed by atoms with Crippen molar-refractivity contribution in [3.8, 4) is 22.6 Å². The van der Waals surface area contributed by atoms with Crippen LogP contribution >= 0.6 is 11.3 Å². The molecule has 1 aliphatic rings. The molecule has 0 bridgehead atoms. The highest BCUT2D eigenvalue weighted by Crippen LogP contribution is 2.34. The number of sulfone groups is 1. The first-order valence-corrected chi connectivity index (χ1v) is 14.9. The van der Waals surface area contributed by atoms with Gasteiger partial charge in [-0.1, -0.05) is 18.2 Å². The van der Waals surface area contributed by atoms with Crippen LogP contribution in [0.2, 0.25) is 0 Å². The van der Waals surface area contributed by atoms with Crippen molar-refractivity contribution in [2.45, 2.75) is 31.1 Å². The number of methoxy groups -OCH3 is 1. The normalized spacial score (nSPS) is 14.3. The molecule has 2 heterocycles. The molecule has 2 aromatic heterocycles. The Morgan fingerprint density at radius 3 is 2.49 bits per heavy atom. The zero-order valence-electron chi connectivity index (χ0n) is 21.3. The van der Waals surface area contributed by atoms with Crippen molar-refractivity contribution in [1.29, 1.82) is 0 Å². The van der Waals surface area contributed by atoms with Gasteiger partial charge in [-0.05, 0) is 48.2 Å². The number of aryl methyl sites for hydroxylation is 1. The van der Waals surface area contributed by atoms with Crippen LogP contribution in [0.25, 0.3) is 32.8 Å². The minimum atomic E-state index is -3.98. The number of hydrogen-bond donors (Lipinski definition) is 2. The summed E-state index contributed by atoms with van der Waals surface area (Å²) in [6, 6.07) is 13.3. The second-order valence-corrected chi connectivity index (χ2v) is 12.5. The standard InChI is InChI=1S/C26H27N5O6S2/c1-15-30-31-25(37-15)17-5-3-16(4-6-17)18-7-10-20-21(13-18)38-26(29-20)23(39(34,35)12-11-36-2)24(33)27-14-22(32)28-19-8-9-19/h3-7,10,13,19,23H,8-9,11-12,14H2,1-2H3,(H,27,33)(H,28,32). The quantitative estimate of drug-likeness (QED) is 0.278. The summed E-state index contributed by atoms with van der Waals surface area (Å²) < 4.78 is 37.5. The molecule has 11 nitrogen and oxygen atoms in total. The Bertz CT molecular complexity index is 1610. The second-order valence-electron chi connectivity index (χ2n) is 9.24. The smallest absolute Gasteiger partial charge is 0.247 e. The third-order valence-electron chi connectivity index (χ3n) is 6.16. The average Bonchev–Trinajstić information content (AvgIpc) is 3.46. The van der Waals surface area contributed by atoms with E-state index in [0.717, 1.165) is 45.6 Å². The molecule has 1 aliphatic carbocycles. The number of hydrogen-bond acceptors (Lipinski definition) is 10. The fourth-order valence-electron chi connectivity index (χ4n) is 3.97. The first-order valence-electron chi connectivity index (χ1n) is 12.3. The van der Waals surface area contributed by atoms with E-state index in [1.165, 1.54) is 7.11 Å². The Morgan fingerprint density at radius 2 is 1.82 bits per heavy atom. The van der Waals surface area contributed by atoms with Gasteiger partial charge in [0.2, 0.25) is 23.6 Å². The molecule has 13 heteroatoms. The summed E-state index contributed by atoms with van der Waals surface area (Å²) in [6.07, 6.45) is 1.81. The van der Waals surface area contributed by atoms with Crippen molar-refractivity contribution in [3.05, 3.63) is 53.4 Å². The van der Waals surface area contributed by atoms with Crippen molar-refractivity contribution in [2.24, 2.45) is 0 Å². The van der Waals surface area contributed by atoms with Gasteiger partial charge in [0.15, 0.2) is 15.1 Å². The molecule has 0 spiro atoms. The van der Waals surface area contributed by atoms with Gasteiger partial charge in [-0.15, -0.1) is 21.5 Å². The maximum absolute atomic E-state index is 13.2. The van der Waals surface area contributed by atoms with E-state index >= 15 is 0 Å². The molecule has 2 N–H and O–H groups in total. The van der Waals surface area contributed by atoms with Crippen molar-refractivity contribution >= 4 is 43.2 Å². The molecule has 2 amide bonds. The molecule has 204 valence electrons. The largest absolute Gasteiger partial charge is 0.421 e. The maximum Gasteiger partial charge on any atom is 0.247 e. The summed E-state index contributed by atoms with van der Waals surface area (Å²) >= 11 is 1.13. The van der Waals surface area contributed by atoms with Gasteiger partial charge in [-0.25, -0.2) is 13.4 Å². The van der Waals surface area contributed by atoms with E-state index < -0.39 is 21.0 Å². The van der Waals surface area contributed by atoms with Crippen molar-refractivity contribution in [2.75, 3.05) is 26.0 Å². The molecule has 0 saturated heterocycles. The van der Waals surface area contributed by atoms with Crippen LogP contribution in [-0.2, 0) is 24.2 Å². The third kappa shape index (κ3) is 6.32. The van der Waals surface area contributed by atoms with Gasteiger partial charge in [-0.2, -0.15) is 0 Å².